The molecule has 0 radical (unpaired) electrons. The van der Waals surface area contributed by atoms with Crippen LogP contribution in [0.15, 0.2) is 0 Å². The van der Waals surface area contributed by atoms with Crippen LogP contribution in [0.25, 0.3) is 0 Å². The van der Waals surface area contributed by atoms with Gasteiger partial charge in [-0.05, 0) is 42.4 Å². The molecule has 0 aliphatic carbocycles. The SMILES string of the molecule is CCNc1nc(C(OCC)C(C)C)nc(C(C)(C)C)c1I. The summed E-state index contributed by atoms with van der Waals surface area (Å²) in [7, 11) is 0. The highest BCUT2D eigenvalue weighted by molar-refractivity contribution is 14.1. The molecule has 5 heteroatoms. The summed E-state index contributed by atoms with van der Waals surface area (Å²) in [6.45, 7) is 16.4. The van der Waals surface area contributed by atoms with Crippen molar-refractivity contribution >= 4 is 28.4 Å². The number of nitrogens with one attached hydrogen (secondary N) is 1. The van der Waals surface area contributed by atoms with Crippen molar-refractivity contribution in [1.82, 2.24) is 9.97 Å². The van der Waals surface area contributed by atoms with Crippen LogP contribution in [0.2, 0.25) is 0 Å². The molecule has 0 fully saturated rings. The van der Waals surface area contributed by atoms with E-state index in [9.17, 15) is 0 Å². The Kier molecular flexibility index (Phi) is 6.84. The van der Waals surface area contributed by atoms with Crippen molar-refractivity contribution in [2.45, 2.75) is 60.0 Å². The molecule has 1 rings (SSSR count). The van der Waals surface area contributed by atoms with E-state index in [1.54, 1.807) is 0 Å². The van der Waals surface area contributed by atoms with Gasteiger partial charge in [0.25, 0.3) is 0 Å². The molecule has 0 amide bonds. The number of hydrogen-bond donors (Lipinski definition) is 1. The van der Waals surface area contributed by atoms with Crippen molar-refractivity contribution in [3.63, 3.8) is 0 Å². The highest BCUT2D eigenvalue weighted by Crippen LogP contribution is 2.32. The van der Waals surface area contributed by atoms with Gasteiger partial charge in [0.1, 0.15) is 11.9 Å². The molecule has 0 aromatic carbocycles. The number of ether oxygens (including phenoxy) is 1. The average Bonchev–Trinajstić information content (AvgIpc) is 2.37. The van der Waals surface area contributed by atoms with Crippen LogP contribution < -0.4 is 5.32 Å². The number of aromatic nitrogens is 2. The number of hydrogen-bond acceptors (Lipinski definition) is 4. The van der Waals surface area contributed by atoms with Gasteiger partial charge in [0.2, 0.25) is 0 Å². The molecule has 1 aromatic heterocycles. The van der Waals surface area contributed by atoms with E-state index in [0.717, 1.165) is 27.5 Å². The molecule has 0 aliphatic rings. The second-order valence-corrected chi connectivity index (χ2v) is 7.57. The molecule has 0 spiro atoms. The maximum atomic E-state index is 5.87. The lowest BCUT2D eigenvalue weighted by atomic mass is 9.91. The van der Waals surface area contributed by atoms with E-state index in [4.69, 9.17) is 14.7 Å². The summed E-state index contributed by atoms with van der Waals surface area (Å²) in [5.41, 5.74) is 1.06. The Morgan fingerprint density at radius 3 is 2.24 bits per heavy atom. The minimum Gasteiger partial charge on any atom is -0.370 e. The van der Waals surface area contributed by atoms with Gasteiger partial charge >= 0.3 is 0 Å². The normalized spacial score (nSPS) is 13.6. The molecule has 1 unspecified atom stereocenters. The van der Waals surface area contributed by atoms with Gasteiger partial charge in [0.05, 0.1) is 9.26 Å². The smallest absolute Gasteiger partial charge is 0.160 e. The topological polar surface area (TPSA) is 47.0 Å². The van der Waals surface area contributed by atoms with Crippen LogP contribution in [0.5, 0.6) is 0 Å². The maximum Gasteiger partial charge on any atom is 0.160 e. The zero-order valence-electron chi connectivity index (χ0n) is 14.2. The monoisotopic (exact) mass is 405 g/mol. The van der Waals surface area contributed by atoms with Crippen molar-refractivity contribution in [3.05, 3.63) is 15.1 Å². The summed E-state index contributed by atoms with van der Waals surface area (Å²) < 4.78 is 6.98. The molecular formula is C16H28IN3O. The molecule has 1 heterocycles. The van der Waals surface area contributed by atoms with Gasteiger partial charge in [0.15, 0.2) is 5.82 Å². The summed E-state index contributed by atoms with van der Waals surface area (Å²) in [5.74, 6) is 2.04. The lowest BCUT2D eigenvalue weighted by Gasteiger charge is -2.25. The van der Waals surface area contributed by atoms with Gasteiger partial charge in [-0.2, -0.15) is 0 Å². The molecule has 4 nitrogen and oxygen atoms in total. The van der Waals surface area contributed by atoms with Gasteiger partial charge in [0, 0.05) is 18.6 Å². The molecule has 120 valence electrons. The van der Waals surface area contributed by atoms with Crippen LogP contribution >= 0.6 is 22.6 Å². The molecule has 0 aliphatic heterocycles. The summed E-state index contributed by atoms with van der Waals surface area (Å²) in [6.07, 6.45) is -0.0643. The van der Waals surface area contributed by atoms with E-state index in [2.05, 4.69) is 69.5 Å². The summed E-state index contributed by atoms with van der Waals surface area (Å²) in [5, 5.41) is 3.35. The summed E-state index contributed by atoms with van der Waals surface area (Å²) in [4.78, 5) is 9.56. The number of anilines is 1. The Balaban J connectivity index is 3.41. The van der Waals surface area contributed by atoms with Gasteiger partial charge in [-0.3, -0.25) is 0 Å². The van der Waals surface area contributed by atoms with Crippen molar-refractivity contribution < 1.29 is 4.74 Å². The van der Waals surface area contributed by atoms with Crippen LogP contribution in [0.4, 0.5) is 5.82 Å². The third-order valence-corrected chi connectivity index (χ3v) is 4.15. The molecule has 1 aromatic rings. The molecule has 1 atom stereocenters. The number of rotatable bonds is 6. The highest BCUT2D eigenvalue weighted by atomic mass is 127. The van der Waals surface area contributed by atoms with Crippen molar-refractivity contribution in [2.24, 2.45) is 5.92 Å². The van der Waals surface area contributed by atoms with Crippen LogP contribution in [0.1, 0.15) is 66.1 Å². The fraction of sp³-hybridized carbons (Fsp3) is 0.750. The third kappa shape index (κ3) is 4.77. The number of nitrogens with zero attached hydrogens (tertiary/aromatic N) is 2. The molecule has 21 heavy (non-hydrogen) atoms. The van der Waals surface area contributed by atoms with Crippen LogP contribution in [-0.2, 0) is 10.2 Å². The van der Waals surface area contributed by atoms with Gasteiger partial charge < -0.3 is 10.1 Å². The van der Waals surface area contributed by atoms with Crippen LogP contribution in [-0.4, -0.2) is 23.1 Å². The van der Waals surface area contributed by atoms with E-state index in [1.165, 1.54) is 0 Å². The average molecular weight is 405 g/mol. The molecule has 0 saturated heterocycles. The fourth-order valence-corrected chi connectivity index (χ4v) is 3.36. The quantitative estimate of drug-likeness (QED) is 0.706. The second kappa shape index (κ2) is 7.72. The van der Waals surface area contributed by atoms with Gasteiger partial charge in [-0.25, -0.2) is 9.97 Å². The fourth-order valence-electron chi connectivity index (χ4n) is 2.12. The first kappa shape index (κ1) is 18.6. The first-order valence-electron chi connectivity index (χ1n) is 7.65. The van der Waals surface area contributed by atoms with E-state index in [-0.39, 0.29) is 11.5 Å². The van der Waals surface area contributed by atoms with Gasteiger partial charge in [-0.15, -0.1) is 0 Å². The molecule has 0 bridgehead atoms. The van der Waals surface area contributed by atoms with Crippen molar-refractivity contribution in [1.29, 1.82) is 0 Å². The minimum atomic E-state index is -0.0643. The predicted molar refractivity (Wildman–Crippen MR) is 96.8 cm³/mol. The third-order valence-electron chi connectivity index (χ3n) is 3.13. The molecule has 1 N–H and O–H groups in total. The minimum absolute atomic E-state index is 0.0217. The lowest BCUT2D eigenvalue weighted by molar-refractivity contribution is 0.0230. The van der Waals surface area contributed by atoms with E-state index < -0.39 is 0 Å². The zero-order chi connectivity index (χ0) is 16.2. The Morgan fingerprint density at radius 2 is 1.81 bits per heavy atom. The lowest BCUT2D eigenvalue weighted by Crippen LogP contribution is -2.23. The van der Waals surface area contributed by atoms with Crippen LogP contribution in [0, 0.1) is 9.49 Å². The largest absolute Gasteiger partial charge is 0.370 e. The maximum absolute atomic E-state index is 5.87. The van der Waals surface area contributed by atoms with Gasteiger partial charge in [-0.1, -0.05) is 34.6 Å². The molecular weight excluding hydrogens is 377 g/mol. The summed E-state index contributed by atoms with van der Waals surface area (Å²) in [6, 6.07) is 0. The predicted octanol–water partition coefficient (Wildman–Crippen LogP) is 4.54. The Bertz CT molecular complexity index is 469. The van der Waals surface area contributed by atoms with Crippen molar-refractivity contribution in [2.75, 3.05) is 18.5 Å². The van der Waals surface area contributed by atoms with Crippen molar-refractivity contribution in [3.8, 4) is 0 Å². The highest BCUT2D eigenvalue weighted by Gasteiger charge is 2.27. The second-order valence-electron chi connectivity index (χ2n) is 6.49. The Labute approximate surface area is 142 Å². The Hall–Kier alpha value is -0.430. The van der Waals surface area contributed by atoms with E-state index >= 15 is 0 Å². The first-order chi connectivity index (χ1) is 9.72. The number of halogens is 1. The Morgan fingerprint density at radius 1 is 1.19 bits per heavy atom. The summed E-state index contributed by atoms with van der Waals surface area (Å²) >= 11 is 2.34. The molecule has 0 saturated carbocycles. The van der Waals surface area contributed by atoms with Crippen LogP contribution in [0.3, 0.4) is 0 Å². The van der Waals surface area contributed by atoms with E-state index in [1.807, 2.05) is 6.92 Å². The standard InChI is InChI=1S/C16H28IN3O/c1-8-18-14-11(17)13(16(5,6)7)19-15(20-14)12(10(3)4)21-9-2/h10,12H,8-9H2,1-7H3,(H,18,19,20). The van der Waals surface area contributed by atoms with E-state index in [0.29, 0.717) is 12.5 Å². The first-order valence-corrected chi connectivity index (χ1v) is 8.73. The zero-order valence-corrected chi connectivity index (χ0v) is 16.4.